The van der Waals surface area contributed by atoms with Gasteiger partial charge in [0, 0.05) is 13.1 Å². The maximum Gasteiger partial charge on any atom is 0.244 e. The summed E-state index contributed by atoms with van der Waals surface area (Å²) in [5.41, 5.74) is 3.44. The monoisotopic (exact) mass is 487 g/mol. The zero-order valence-corrected chi connectivity index (χ0v) is 21.9. The molecule has 0 heterocycles. The second-order valence-corrected chi connectivity index (χ2v) is 10.9. The number of aryl methyl sites for hydroxylation is 1. The predicted octanol–water partition coefficient (Wildman–Crippen LogP) is 3.83. The number of anilines is 1. The van der Waals surface area contributed by atoms with Gasteiger partial charge in [-0.05, 0) is 49.4 Å². The molecule has 2 amide bonds. The van der Waals surface area contributed by atoms with Gasteiger partial charge < -0.3 is 10.2 Å². The Kier molecular flexibility index (Phi) is 9.67. The van der Waals surface area contributed by atoms with E-state index in [2.05, 4.69) is 19.2 Å². The molecule has 34 heavy (non-hydrogen) atoms. The van der Waals surface area contributed by atoms with Gasteiger partial charge in [-0.25, -0.2) is 8.42 Å². The van der Waals surface area contributed by atoms with Crippen LogP contribution in [0.25, 0.3) is 0 Å². The quantitative estimate of drug-likeness (QED) is 0.522. The lowest BCUT2D eigenvalue weighted by Gasteiger charge is -2.31. The molecule has 0 spiro atoms. The summed E-state index contributed by atoms with van der Waals surface area (Å²) in [5.74, 6) is -0.414. The highest BCUT2D eigenvalue weighted by atomic mass is 32.2. The van der Waals surface area contributed by atoms with Crippen LogP contribution in [0.1, 0.15) is 56.7 Å². The number of nitrogens with zero attached hydrogens (tertiary/aromatic N) is 2. The van der Waals surface area contributed by atoms with E-state index in [1.54, 1.807) is 19.1 Å². The predicted molar refractivity (Wildman–Crippen MR) is 137 cm³/mol. The van der Waals surface area contributed by atoms with Crippen LogP contribution in [0.5, 0.6) is 0 Å². The van der Waals surface area contributed by atoms with Gasteiger partial charge in [-0.3, -0.25) is 13.9 Å². The zero-order chi connectivity index (χ0) is 25.5. The van der Waals surface area contributed by atoms with E-state index in [-0.39, 0.29) is 12.5 Å². The van der Waals surface area contributed by atoms with Crippen molar-refractivity contribution in [2.45, 2.75) is 59.5 Å². The lowest BCUT2D eigenvalue weighted by atomic mass is 10.0. The Bertz CT molecular complexity index is 1060. The van der Waals surface area contributed by atoms with Crippen LogP contribution < -0.4 is 9.62 Å². The second kappa shape index (κ2) is 12.0. The van der Waals surface area contributed by atoms with Crippen LogP contribution in [-0.2, 0) is 26.2 Å². The van der Waals surface area contributed by atoms with Gasteiger partial charge in [0.05, 0.1) is 11.9 Å². The Hall–Kier alpha value is -2.87. The molecule has 0 saturated carbocycles. The van der Waals surface area contributed by atoms with Crippen molar-refractivity contribution >= 4 is 27.5 Å². The van der Waals surface area contributed by atoms with Gasteiger partial charge in [0.1, 0.15) is 12.6 Å². The van der Waals surface area contributed by atoms with Gasteiger partial charge in [0.2, 0.25) is 21.8 Å². The highest BCUT2D eigenvalue weighted by molar-refractivity contribution is 7.92. The van der Waals surface area contributed by atoms with E-state index in [1.807, 2.05) is 50.2 Å². The largest absolute Gasteiger partial charge is 0.354 e. The van der Waals surface area contributed by atoms with E-state index in [0.717, 1.165) is 33.7 Å². The lowest BCUT2D eigenvalue weighted by Crippen LogP contribution is -2.51. The van der Waals surface area contributed by atoms with Gasteiger partial charge in [0.15, 0.2) is 0 Å². The Morgan fingerprint density at radius 1 is 0.971 bits per heavy atom. The molecule has 2 aromatic rings. The van der Waals surface area contributed by atoms with Crippen LogP contribution in [0.3, 0.4) is 0 Å². The SMILES string of the molecule is CCCNC(=O)C(C)N(Cc1ccc(C)cc1)C(=O)CN(c1ccc(C(C)C)cc1)S(C)(=O)=O. The van der Waals surface area contributed by atoms with Gasteiger partial charge in [-0.1, -0.05) is 62.7 Å². The second-order valence-electron chi connectivity index (χ2n) is 8.99. The van der Waals surface area contributed by atoms with Crippen LogP contribution in [0.2, 0.25) is 0 Å². The summed E-state index contributed by atoms with van der Waals surface area (Å²) in [4.78, 5) is 27.6. The van der Waals surface area contributed by atoms with Crippen molar-refractivity contribution in [2.24, 2.45) is 0 Å². The first-order valence-corrected chi connectivity index (χ1v) is 13.5. The van der Waals surface area contributed by atoms with Crippen LogP contribution in [0.15, 0.2) is 48.5 Å². The number of hydrogen-bond donors (Lipinski definition) is 1. The van der Waals surface area contributed by atoms with Gasteiger partial charge in [-0.2, -0.15) is 0 Å². The molecule has 0 bridgehead atoms. The molecule has 0 aliphatic heterocycles. The van der Waals surface area contributed by atoms with E-state index >= 15 is 0 Å². The Labute approximate surface area is 204 Å². The van der Waals surface area contributed by atoms with Gasteiger partial charge >= 0.3 is 0 Å². The van der Waals surface area contributed by atoms with Crippen molar-refractivity contribution in [3.8, 4) is 0 Å². The van der Waals surface area contributed by atoms with Crippen LogP contribution in [-0.4, -0.2) is 50.5 Å². The molecule has 0 aliphatic rings. The van der Waals surface area contributed by atoms with Crippen molar-refractivity contribution in [3.05, 3.63) is 65.2 Å². The first kappa shape index (κ1) is 27.4. The fourth-order valence-electron chi connectivity index (χ4n) is 3.51. The molecule has 0 aromatic heterocycles. The zero-order valence-electron chi connectivity index (χ0n) is 21.0. The molecule has 2 aromatic carbocycles. The number of carbonyl (C=O) groups excluding carboxylic acids is 2. The molecule has 1 unspecified atom stereocenters. The molecule has 1 atom stereocenters. The summed E-state index contributed by atoms with van der Waals surface area (Å²) in [5, 5.41) is 2.83. The summed E-state index contributed by atoms with van der Waals surface area (Å²) in [6, 6.07) is 14.1. The minimum Gasteiger partial charge on any atom is -0.354 e. The molecular formula is C26H37N3O4S. The van der Waals surface area contributed by atoms with E-state index in [9.17, 15) is 18.0 Å². The average Bonchev–Trinajstić information content (AvgIpc) is 2.79. The van der Waals surface area contributed by atoms with Crippen molar-refractivity contribution < 1.29 is 18.0 Å². The van der Waals surface area contributed by atoms with E-state index in [1.165, 1.54) is 4.90 Å². The van der Waals surface area contributed by atoms with Crippen molar-refractivity contribution in [3.63, 3.8) is 0 Å². The Morgan fingerprint density at radius 3 is 2.06 bits per heavy atom. The molecule has 186 valence electrons. The topological polar surface area (TPSA) is 86.8 Å². The third kappa shape index (κ3) is 7.58. The molecule has 0 saturated heterocycles. The minimum absolute atomic E-state index is 0.198. The third-order valence-corrected chi connectivity index (χ3v) is 6.86. The maximum absolute atomic E-state index is 13.5. The number of amides is 2. The van der Waals surface area contributed by atoms with Gasteiger partial charge in [-0.15, -0.1) is 0 Å². The van der Waals surface area contributed by atoms with Gasteiger partial charge in [0.25, 0.3) is 0 Å². The Balaban J connectivity index is 2.35. The summed E-state index contributed by atoms with van der Waals surface area (Å²) < 4.78 is 26.3. The van der Waals surface area contributed by atoms with E-state index in [4.69, 9.17) is 0 Å². The number of hydrogen-bond acceptors (Lipinski definition) is 4. The molecule has 0 fully saturated rings. The minimum atomic E-state index is -3.73. The first-order valence-electron chi connectivity index (χ1n) is 11.6. The molecule has 0 radical (unpaired) electrons. The molecule has 8 heteroatoms. The van der Waals surface area contributed by atoms with E-state index in [0.29, 0.717) is 18.2 Å². The molecule has 1 N–H and O–H groups in total. The molecule has 2 rings (SSSR count). The lowest BCUT2D eigenvalue weighted by molar-refractivity contribution is -0.139. The first-order chi connectivity index (χ1) is 15.9. The standard InChI is InChI=1S/C26H37N3O4S/c1-7-16-27-26(31)21(5)28(17-22-10-8-20(4)9-11-22)25(30)18-29(34(6,32)33)24-14-12-23(13-15-24)19(2)3/h8-15,19,21H,7,16-18H2,1-6H3,(H,27,31). The maximum atomic E-state index is 13.5. The van der Waals surface area contributed by atoms with Crippen molar-refractivity contribution in [1.82, 2.24) is 10.2 Å². The smallest absolute Gasteiger partial charge is 0.244 e. The molecule has 7 nitrogen and oxygen atoms in total. The highest BCUT2D eigenvalue weighted by Gasteiger charge is 2.30. The summed E-state index contributed by atoms with van der Waals surface area (Å²) in [6.07, 6.45) is 1.86. The average molecular weight is 488 g/mol. The molecular weight excluding hydrogens is 450 g/mol. The van der Waals surface area contributed by atoms with Crippen LogP contribution >= 0.6 is 0 Å². The van der Waals surface area contributed by atoms with Crippen molar-refractivity contribution in [1.29, 1.82) is 0 Å². The fourth-order valence-corrected chi connectivity index (χ4v) is 4.36. The Morgan fingerprint density at radius 2 is 1.56 bits per heavy atom. The van der Waals surface area contributed by atoms with E-state index < -0.39 is 28.5 Å². The third-order valence-electron chi connectivity index (χ3n) is 5.72. The number of rotatable bonds is 11. The number of nitrogens with one attached hydrogen (secondary N) is 1. The summed E-state index contributed by atoms with van der Waals surface area (Å²) >= 11 is 0. The number of sulfonamides is 1. The number of carbonyl (C=O) groups is 2. The molecule has 0 aliphatic carbocycles. The number of benzene rings is 2. The normalized spacial score (nSPS) is 12.3. The summed E-state index contributed by atoms with van der Waals surface area (Å²) in [7, 11) is -3.73. The van der Waals surface area contributed by atoms with Crippen LogP contribution in [0, 0.1) is 6.92 Å². The fraction of sp³-hybridized carbons (Fsp3) is 0.462. The summed E-state index contributed by atoms with van der Waals surface area (Å²) in [6.45, 7) is 10.0. The highest BCUT2D eigenvalue weighted by Crippen LogP contribution is 2.23. The van der Waals surface area contributed by atoms with Crippen molar-refractivity contribution in [2.75, 3.05) is 23.7 Å². The van der Waals surface area contributed by atoms with Crippen LogP contribution in [0.4, 0.5) is 5.69 Å².